The highest BCUT2D eigenvalue weighted by molar-refractivity contribution is 9.11. The smallest absolute Gasteiger partial charge is 0.255 e. The summed E-state index contributed by atoms with van der Waals surface area (Å²) < 4.78 is 2.68. The summed E-state index contributed by atoms with van der Waals surface area (Å²) in [6.45, 7) is 0.507. The molecule has 0 atom stereocenters. The average molecular weight is 337 g/mol. The molecule has 3 aromatic heterocycles. The average Bonchev–Trinajstić information content (AvgIpc) is 3.02. The number of amides is 1. The van der Waals surface area contributed by atoms with Crippen LogP contribution >= 0.6 is 27.3 Å². The molecule has 0 spiro atoms. The third-order valence-electron chi connectivity index (χ3n) is 2.62. The van der Waals surface area contributed by atoms with Crippen molar-refractivity contribution in [3.63, 3.8) is 0 Å². The second-order valence-corrected chi connectivity index (χ2v) is 6.40. The summed E-state index contributed by atoms with van der Waals surface area (Å²) >= 11 is 4.99. The fraction of sp³-hybridized carbons (Fsp3) is 0.0833. The van der Waals surface area contributed by atoms with Crippen LogP contribution in [0.5, 0.6) is 0 Å². The lowest BCUT2D eigenvalue weighted by Gasteiger charge is -2.01. The number of halogens is 1. The molecular formula is C12H9BrN4OS. The summed E-state index contributed by atoms with van der Waals surface area (Å²) in [7, 11) is 0. The van der Waals surface area contributed by atoms with E-state index in [1.54, 1.807) is 40.6 Å². The quantitative estimate of drug-likeness (QED) is 0.799. The number of hydrogen-bond acceptors (Lipinski definition) is 4. The van der Waals surface area contributed by atoms with Crippen molar-refractivity contribution < 1.29 is 4.79 Å². The standard InChI is InChI=1S/C12H9BrN4OS/c13-11-2-1-8(19-11)5-15-12(18)9-6-16-17-4-3-14-7-10(9)17/h1-4,6-7H,5H2,(H,15,18). The summed E-state index contributed by atoms with van der Waals surface area (Å²) in [6, 6.07) is 3.94. The van der Waals surface area contributed by atoms with Crippen molar-refractivity contribution in [2.45, 2.75) is 6.54 Å². The molecule has 0 bridgehead atoms. The van der Waals surface area contributed by atoms with E-state index in [1.807, 2.05) is 12.1 Å². The molecule has 96 valence electrons. The Hall–Kier alpha value is -1.73. The minimum atomic E-state index is -0.146. The van der Waals surface area contributed by atoms with Crippen LogP contribution in [0.3, 0.4) is 0 Å². The van der Waals surface area contributed by atoms with Crippen LogP contribution in [0.1, 0.15) is 15.2 Å². The van der Waals surface area contributed by atoms with Crippen LogP contribution in [-0.4, -0.2) is 20.5 Å². The van der Waals surface area contributed by atoms with Crippen LogP contribution in [-0.2, 0) is 6.54 Å². The van der Waals surface area contributed by atoms with E-state index in [9.17, 15) is 4.79 Å². The fourth-order valence-corrected chi connectivity index (χ4v) is 3.14. The Bertz CT molecular complexity index is 736. The Morgan fingerprint density at radius 3 is 3.11 bits per heavy atom. The molecule has 5 nitrogen and oxygen atoms in total. The first-order valence-electron chi connectivity index (χ1n) is 5.54. The molecule has 0 fully saturated rings. The van der Waals surface area contributed by atoms with Gasteiger partial charge in [0.15, 0.2) is 0 Å². The lowest BCUT2D eigenvalue weighted by atomic mass is 10.3. The number of rotatable bonds is 3. The number of thiophene rings is 1. The van der Waals surface area contributed by atoms with Gasteiger partial charge in [-0.25, -0.2) is 4.52 Å². The molecule has 3 aromatic rings. The Morgan fingerprint density at radius 2 is 2.32 bits per heavy atom. The Balaban J connectivity index is 1.77. The molecular weight excluding hydrogens is 328 g/mol. The first-order valence-corrected chi connectivity index (χ1v) is 7.15. The van der Waals surface area contributed by atoms with Gasteiger partial charge < -0.3 is 5.32 Å². The summed E-state index contributed by atoms with van der Waals surface area (Å²) in [5.74, 6) is -0.146. The zero-order valence-corrected chi connectivity index (χ0v) is 12.1. The van der Waals surface area contributed by atoms with Gasteiger partial charge in [-0.3, -0.25) is 9.78 Å². The lowest BCUT2D eigenvalue weighted by molar-refractivity contribution is 0.0953. The highest BCUT2D eigenvalue weighted by Gasteiger charge is 2.12. The molecule has 0 radical (unpaired) electrons. The number of nitrogens with zero attached hydrogens (tertiary/aromatic N) is 3. The van der Waals surface area contributed by atoms with E-state index < -0.39 is 0 Å². The zero-order valence-electron chi connectivity index (χ0n) is 9.71. The van der Waals surface area contributed by atoms with Gasteiger partial charge >= 0.3 is 0 Å². The molecule has 1 N–H and O–H groups in total. The van der Waals surface area contributed by atoms with Gasteiger partial charge in [-0.15, -0.1) is 11.3 Å². The van der Waals surface area contributed by atoms with Gasteiger partial charge in [0.05, 0.1) is 33.8 Å². The maximum absolute atomic E-state index is 12.1. The monoisotopic (exact) mass is 336 g/mol. The number of aromatic nitrogens is 3. The molecule has 0 aliphatic rings. The first-order chi connectivity index (χ1) is 9.24. The molecule has 0 aliphatic carbocycles. The maximum atomic E-state index is 12.1. The Morgan fingerprint density at radius 1 is 1.42 bits per heavy atom. The zero-order chi connectivity index (χ0) is 13.2. The summed E-state index contributed by atoms with van der Waals surface area (Å²) in [5.41, 5.74) is 1.23. The van der Waals surface area contributed by atoms with E-state index >= 15 is 0 Å². The van der Waals surface area contributed by atoms with Crippen LogP contribution < -0.4 is 5.32 Å². The van der Waals surface area contributed by atoms with Crippen molar-refractivity contribution in [1.82, 2.24) is 19.9 Å². The summed E-state index contributed by atoms with van der Waals surface area (Å²) in [5, 5.41) is 6.99. The van der Waals surface area contributed by atoms with Crippen LogP contribution in [0.15, 0.2) is 40.7 Å². The third-order valence-corrected chi connectivity index (χ3v) is 4.25. The number of fused-ring (bicyclic) bond motifs is 1. The van der Waals surface area contributed by atoms with E-state index in [-0.39, 0.29) is 5.91 Å². The molecule has 0 unspecified atom stereocenters. The molecule has 3 rings (SSSR count). The predicted molar refractivity (Wildman–Crippen MR) is 76.2 cm³/mol. The topological polar surface area (TPSA) is 59.3 Å². The number of nitrogens with one attached hydrogen (secondary N) is 1. The molecule has 0 aliphatic heterocycles. The number of carbonyl (C=O) groups excluding carboxylic acids is 1. The molecule has 0 aromatic carbocycles. The van der Waals surface area contributed by atoms with Crippen molar-refractivity contribution in [2.75, 3.05) is 0 Å². The van der Waals surface area contributed by atoms with Crippen LogP contribution in [0.25, 0.3) is 5.52 Å². The Labute approximate surface area is 121 Å². The fourth-order valence-electron chi connectivity index (χ4n) is 1.72. The highest BCUT2D eigenvalue weighted by Crippen LogP contribution is 2.21. The minimum absolute atomic E-state index is 0.146. The van der Waals surface area contributed by atoms with Gasteiger partial charge in [0.2, 0.25) is 0 Å². The van der Waals surface area contributed by atoms with E-state index in [0.717, 1.165) is 8.66 Å². The predicted octanol–water partition coefficient (Wildman–Crippen LogP) is 2.48. The van der Waals surface area contributed by atoms with Crippen molar-refractivity contribution in [1.29, 1.82) is 0 Å². The molecule has 3 heterocycles. The molecule has 1 amide bonds. The van der Waals surface area contributed by atoms with Crippen LogP contribution in [0.2, 0.25) is 0 Å². The van der Waals surface area contributed by atoms with E-state index in [4.69, 9.17) is 0 Å². The second-order valence-electron chi connectivity index (χ2n) is 3.85. The molecule has 19 heavy (non-hydrogen) atoms. The van der Waals surface area contributed by atoms with Gasteiger partial charge in [0.25, 0.3) is 5.91 Å². The normalized spacial score (nSPS) is 10.8. The van der Waals surface area contributed by atoms with Gasteiger partial charge in [-0.2, -0.15) is 5.10 Å². The number of hydrogen-bond donors (Lipinski definition) is 1. The molecule has 0 saturated heterocycles. The van der Waals surface area contributed by atoms with Crippen LogP contribution in [0.4, 0.5) is 0 Å². The number of carbonyl (C=O) groups is 1. The largest absolute Gasteiger partial charge is 0.347 e. The van der Waals surface area contributed by atoms with Crippen molar-refractivity contribution in [2.24, 2.45) is 0 Å². The maximum Gasteiger partial charge on any atom is 0.255 e. The van der Waals surface area contributed by atoms with E-state index in [0.29, 0.717) is 17.6 Å². The van der Waals surface area contributed by atoms with E-state index in [1.165, 1.54) is 0 Å². The summed E-state index contributed by atoms with van der Waals surface area (Å²) in [6.07, 6.45) is 6.52. The van der Waals surface area contributed by atoms with Crippen molar-refractivity contribution in [3.05, 3.63) is 51.1 Å². The van der Waals surface area contributed by atoms with Crippen molar-refractivity contribution in [3.8, 4) is 0 Å². The van der Waals surface area contributed by atoms with Crippen molar-refractivity contribution >= 4 is 38.7 Å². The lowest BCUT2D eigenvalue weighted by Crippen LogP contribution is -2.22. The van der Waals surface area contributed by atoms with Gasteiger partial charge in [0, 0.05) is 17.3 Å². The van der Waals surface area contributed by atoms with Gasteiger partial charge in [-0.05, 0) is 28.1 Å². The van der Waals surface area contributed by atoms with Gasteiger partial charge in [-0.1, -0.05) is 0 Å². The molecule has 7 heteroatoms. The van der Waals surface area contributed by atoms with E-state index in [2.05, 4.69) is 31.3 Å². The highest BCUT2D eigenvalue weighted by atomic mass is 79.9. The van der Waals surface area contributed by atoms with Crippen LogP contribution in [0, 0.1) is 0 Å². The Kier molecular flexibility index (Phi) is 3.31. The third kappa shape index (κ3) is 2.52. The SMILES string of the molecule is O=C(NCc1ccc(Br)s1)c1cnn2ccncc12. The first kappa shape index (κ1) is 12.3. The summed E-state index contributed by atoms with van der Waals surface area (Å²) in [4.78, 5) is 17.2. The second kappa shape index (κ2) is 5.10. The van der Waals surface area contributed by atoms with Gasteiger partial charge in [0.1, 0.15) is 0 Å². The minimum Gasteiger partial charge on any atom is -0.347 e. The molecule has 0 saturated carbocycles.